The van der Waals surface area contributed by atoms with Crippen LogP contribution in [0, 0.1) is 12.8 Å². The van der Waals surface area contributed by atoms with Gasteiger partial charge in [0.15, 0.2) is 0 Å². The van der Waals surface area contributed by atoms with Gasteiger partial charge in [-0.05, 0) is 36.6 Å². The molecule has 1 fully saturated rings. The van der Waals surface area contributed by atoms with Crippen molar-refractivity contribution in [3.8, 4) is 0 Å². The van der Waals surface area contributed by atoms with E-state index in [9.17, 15) is 0 Å². The van der Waals surface area contributed by atoms with E-state index in [1.807, 2.05) is 0 Å². The van der Waals surface area contributed by atoms with E-state index < -0.39 is 0 Å². The van der Waals surface area contributed by atoms with Crippen LogP contribution in [-0.2, 0) is 0 Å². The number of nitrogens with zero attached hydrogens (tertiary/aromatic N) is 2. The maximum Gasteiger partial charge on any atom is 0.147 e. The number of anilines is 1. The van der Waals surface area contributed by atoms with Crippen molar-refractivity contribution >= 4 is 27.4 Å². The topological polar surface area (TPSA) is 37.8 Å². The third-order valence-electron chi connectivity index (χ3n) is 3.25. The summed E-state index contributed by atoms with van der Waals surface area (Å²) in [5, 5.41) is 5.67. The number of fused-ring (bicyclic) bond motifs is 1. The van der Waals surface area contributed by atoms with Gasteiger partial charge >= 0.3 is 0 Å². The first kappa shape index (κ1) is 10.0. The number of thiophene rings is 1. The van der Waals surface area contributed by atoms with Crippen molar-refractivity contribution < 1.29 is 0 Å². The monoisotopic (exact) mass is 233 g/mol. The van der Waals surface area contributed by atoms with Gasteiger partial charge in [0.1, 0.15) is 12.1 Å². The molecule has 0 aliphatic heterocycles. The van der Waals surface area contributed by atoms with Crippen LogP contribution in [0.2, 0.25) is 0 Å². The van der Waals surface area contributed by atoms with Gasteiger partial charge in [0.25, 0.3) is 0 Å². The fourth-order valence-corrected chi connectivity index (χ4v) is 3.24. The van der Waals surface area contributed by atoms with Gasteiger partial charge < -0.3 is 5.32 Å². The van der Waals surface area contributed by atoms with Crippen LogP contribution in [0.1, 0.15) is 25.3 Å². The lowest BCUT2D eigenvalue weighted by Gasteiger charge is -2.33. The lowest BCUT2D eigenvalue weighted by molar-refractivity contribution is 0.309. The summed E-state index contributed by atoms with van der Waals surface area (Å²) in [5.74, 6) is 1.87. The first-order chi connectivity index (χ1) is 7.74. The van der Waals surface area contributed by atoms with Crippen LogP contribution >= 0.6 is 11.3 Å². The van der Waals surface area contributed by atoms with Crippen molar-refractivity contribution in [1.29, 1.82) is 0 Å². The lowest BCUT2D eigenvalue weighted by Crippen LogP contribution is -2.34. The van der Waals surface area contributed by atoms with Crippen LogP contribution in [0.25, 0.3) is 10.2 Å². The third kappa shape index (κ3) is 1.57. The Labute approximate surface area is 98.9 Å². The second-order valence-electron chi connectivity index (χ2n) is 4.74. The SMILES string of the molecule is Cc1csc2c(NC3CC(C)C3)ncnc12. The largest absolute Gasteiger partial charge is 0.366 e. The van der Waals surface area contributed by atoms with Gasteiger partial charge in [-0.3, -0.25) is 0 Å². The molecular weight excluding hydrogens is 218 g/mol. The van der Waals surface area contributed by atoms with E-state index in [-0.39, 0.29) is 0 Å². The number of nitrogens with one attached hydrogen (secondary N) is 1. The highest BCUT2D eigenvalue weighted by atomic mass is 32.1. The van der Waals surface area contributed by atoms with Crippen LogP contribution in [-0.4, -0.2) is 16.0 Å². The summed E-state index contributed by atoms with van der Waals surface area (Å²) in [5.41, 5.74) is 2.34. The zero-order chi connectivity index (χ0) is 11.1. The van der Waals surface area contributed by atoms with Gasteiger partial charge in [0.2, 0.25) is 0 Å². The smallest absolute Gasteiger partial charge is 0.147 e. The number of aromatic nitrogens is 2. The molecular formula is C12H15N3S. The first-order valence-electron chi connectivity index (χ1n) is 5.69. The standard InChI is InChI=1S/C12H15N3S/c1-7-3-9(4-7)15-12-11-10(13-6-14-12)8(2)5-16-11/h5-7,9H,3-4H2,1-2H3,(H,13,14,15). The Balaban J connectivity index is 1.91. The van der Waals surface area contributed by atoms with Gasteiger partial charge in [-0.25, -0.2) is 9.97 Å². The lowest BCUT2D eigenvalue weighted by atomic mass is 9.82. The normalized spacial score (nSPS) is 24.4. The van der Waals surface area contributed by atoms with Crippen LogP contribution in [0.3, 0.4) is 0 Å². The Hall–Kier alpha value is -1.16. The molecule has 1 saturated carbocycles. The fourth-order valence-electron chi connectivity index (χ4n) is 2.29. The van der Waals surface area contributed by atoms with Crippen molar-refractivity contribution in [2.75, 3.05) is 5.32 Å². The Morgan fingerprint density at radius 1 is 1.38 bits per heavy atom. The molecule has 3 rings (SSSR count). The van der Waals surface area contributed by atoms with Crippen LogP contribution < -0.4 is 5.32 Å². The average molecular weight is 233 g/mol. The van der Waals surface area contributed by atoms with E-state index in [1.54, 1.807) is 17.7 Å². The second-order valence-corrected chi connectivity index (χ2v) is 5.62. The molecule has 4 heteroatoms. The van der Waals surface area contributed by atoms with Gasteiger partial charge in [0.05, 0.1) is 10.2 Å². The number of hydrogen-bond acceptors (Lipinski definition) is 4. The van der Waals surface area contributed by atoms with Crippen LogP contribution in [0.5, 0.6) is 0 Å². The quantitative estimate of drug-likeness (QED) is 0.865. The van der Waals surface area contributed by atoms with Crippen LogP contribution in [0.4, 0.5) is 5.82 Å². The minimum atomic E-state index is 0.607. The van der Waals surface area contributed by atoms with Gasteiger partial charge in [-0.2, -0.15) is 0 Å². The summed E-state index contributed by atoms with van der Waals surface area (Å²) in [7, 11) is 0. The third-order valence-corrected chi connectivity index (χ3v) is 4.34. The number of rotatable bonds is 2. The Morgan fingerprint density at radius 3 is 2.94 bits per heavy atom. The van der Waals surface area contributed by atoms with E-state index in [0.29, 0.717) is 6.04 Å². The fraction of sp³-hybridized carbons (Fsp3) is 0.500. The molecule has 16 heavy (non-hydrogen) atoms. The molecule has 0 aromatic carbocycles. The maximum absolute atomic E-state index is 4.36. The number of aryl methyl sites for hydroxylation is 1. The molecule has 84 valence electrons. The summed E-state index contributed by atoms with van der Waals surface area (Å²) >= 11 is 1.73. The zero-order valence-electron chi connectivity index (χ0n) is 9.53. The second kappa shape index (κ2) is 3.70. The molecule has 0 saturated heterocycles. The summed E-state index contributed by atoms with van der Waals surface area (Å²) in [6.07, 6.45) is 4.18. The predicted molar refractivity (Wildman–Crippen MR) is 68.0 cm³/mol. The molecule has 0 bridgehead atoms. The van der Waals surface area contributed by atoms with Crippen molar-refractivity contribution in [1.82, 2.24) is 9.97 Å². The highest BCUT2D eigenvalue weighted by Crippen LogP contribution is 2.33. The molecule has 1 N–H and O–H groups in total. The van der Waals surface area contributed by atoms with Gasteiger partial charge in [-0.15, -0.1) is 11.3 Å². The minimum Gasteiger partial charge on any atom is -0.366 e. The van der Waals surface area contributed by atoms with E-state index in [4.69, 9.17) is 0 Å². The molecule has 0 radical (unpaired) electrons. The Morgan fingerprint density at radius 2 is 2.19 bits per heavy atom. The summed E-state index contributed by atoms with van der Waals surface area (Å²) < 4.78 is 1.19. The molecule has 2 aromatic rings. The van der Waals surface area contributed by atoms with E-state index in [0.717, 1.165) is 17.3 Å². The van der Waals surface area contributed by atoms with E-state index in [1.165, 1.54) is 23.1 Å². The summed E-state index contributed by atoms with van der Waals surface area (Å²) in [6, 6.07) is 0.607. The summed E-state index contributed by atoms with van der Waals surface area (Å²) in [6.45, 7) is 4.39. The van der Waals surface area contributed by atoms with Crippen molar-refractivity contribution in [3.63, 3.8) is 0 Å². The molecule has 0 spiro atoms. The highest BCUT2D eigenvalue weighted by Gasteiger charge is 2.26. The Bertz CT molecular complexity index is 514. The zero-order valence-corrected chi connectivity index (χ0v) is 10.3. The highest BCUT2D eigenvalue weighted by molar-refractivity contribution is 7.18. The van der Waals surface area contributed by atoms with E-state index in [2.05, 4.69) is 34.5 Å². The Kier molecular flexibility index (Phi) is 2.32. The molecule has 1 aliphatic carbocycles. The number of hydrogen-bond donors (Lipinski definition) is 1. The average Bonchev–Trinajstić information content (AvgIpc) is 2.60. The predicted octanol–water partition coefficient (Wildman–Crippen LogP) is 3.21. The molecule has 2 heterocycles. The minimum absolute atomic E-state index is 0.607. The molecule has 0 amide bonds. The van der Waals surface area contributed by atoms with Crippen molar-refractivity contribution in [2.24, 2.45) is 5.92 Å². The summed E-state index contributed by atoms with van der Waals surface area (Å²) in [4.78, 5) is 8.68. The van der Waals surface area contributed by atoms with Gasteiger partial charge in [0, 0.05) is 6.04 Å². The van der Waals surface area contributed by atoms with Crippen molar-refractivity contribution in [2.45, 2.75) is 32.7 Å². The molecule has 3 nitrogen and oxygen atoms in total. The molecule has 1 aliphatic rings. The first-order valence-corrected chi connectivity index (χ1v) is 6.57. The molecule has 0 unspecified atom stereocenters. The van der Waals surface area contributed by atoms with Crippen LogP contribution in [0.15, 0.2) is 11.7 Å². The van der Waals surface area contributed by atoms with Gasteiger partial charge in [-0.1, -0.05) is 6.92 Å². The maximum atomic E-state index is 4.36. The van der Waals surface area contributed by atoms with Crippen molar-refractivity contribution in [3.05, 3.63) is 17.3 Å². The van der Waals surface area contributed by atoms with E-state index >= 15 is 0 Å². The molecule has 2 aromatic heterocycles. The molecule has 0 atom stereocenters.